The molecule has 2 aliphatic heterocycles. The molecule has 0 radical (unpaired) electrons. The van der Waals surface area contributed by atoms with Crippen molar-refractivity contribution in [3.8, 4) is 0 Å². The lowest BCUT2D eigenvalue weighted by Gasteiger charge is -2.36. The molecule has 2 aromatic rings. The predicted octanol–water partition coefficient (Wildman–Crippen LogP) is 2.39. The fourth-order valence-electron chi connectivity index (χ4n) is 4.27. The van der Waals surface area contributed by atoms with Crippen LogP contribution in [0.25, 0.3) is 11.0 Å². The third kappa shape index (κ3) is 4.24. The molecule has 4 rings (SSSR count). The predicted molar refractivity (Wildman–Crippen MR) is 113 cm³/mol. The van der Waals surface area contributed by atoms with Crippen LogP contribution in [0.5, 0.6) is 0 Å². The number of likely N-dealkylation sites (tertiary alicyclic amines) is 1. The second kappa shape index (κ2) is 8.86. The number of nitrogens with zero attached hydrogens (tertiary/aromatic N) is 3. The first-order valence-corrected chi connectivity index (χ1v) is 10.5. The van der Waals surface area contributed by atoms with Crippen molar-refractivity contribution in [1.82, 2.24) is 15.1 Å². The fourth-order valence-corrected chi connectivity index (χ4v) is 4.27. The number of hydrogen-bond donors (Lipinski definition) is 1. The van der Waals surface area contributed by atoms with Gasteiger partial charge in [-0.25, -0.2) is 0 Å². The van der Waals surface area contributed by atoms with Gasteiger partial charge in [-0.3, -0.25) is 9.79 Å². The zero-order valence-corrected chi connectivity index (χ0v) is 17.3. The smallest absolute Gasteiger partial charge is 0.225 e. The molecule has 7 heteroatoms. The van der Waals surface area contributed by atoms with Gasteiger partial charge in [-0.2, -0.15) is 0 Å². The highest BCUT2D eigenvalue weighted by molar-refractivity contribution is 5.83. The van der Waals surface area contributed by atoms with E-state index in [1.54, 1.807) is 7.05 Å². The maximum atomic E-state index is 12.7. The molecule has 2 fully saturated rings. The average Bonchev–Trinajstić information content (AvgIpc) is 3.10. The van der Waals surface area contributed by atoms with Crippen LogP contribution >= 0.6 is 0 Å². The molecule has 2 aliphatic rings. The number of morpholine rings is 1. The summed E-state index contributed by atoms with van der Waals surface area (Å²) in [5, 5.41) is 4.59. The Labute approximate surface area is 171 Å². The van der Waals surface area contributed by atoms with Crippen LogP contribution in [-0.2, 0) is 16.1 Å². The Kier molecular flexibility index (Phi) is 6.04. The van der Waals surface area contributed by atoms with E-state index in [-0.39, 0.29) is 11.8 Å². The molecule has 0 atom stereocenters. The Morgan fingerprint density at radius 3 is 2.55 bits per heavy atom. The van der Waals surface area contributed by atoms with Crippen LogP contribution in [-0.4, -0.2) is 68.1 Å². The van der Waals surface area contributed by atoms with Crippen LogP contribution in [0.2, 0.25) is 0 Å². The minimum absolute atomic E-state index is 0.111. The molecule has 1 N–H and O–H groups in total. The summed E-state index contributed by atoms with van der Waals surface area (Å²) in [7, 11) is 1.80. The monoisotopic (exact) mass is 398 g/mol. The molecule has 0 bridgehead atoms. The van der Waals surface area contributed by atoms with E-state index < -0.39 is 0 Å². The van der Waals surface area contributed by atoms with E-state index in [0.717, 1.165) is 61.7 Å². The number of aryl methyl sites for hydroxylation is 1. The fraction of sp³-hybridized carbons (Fsp3) is 0.545. The van der Waals surface area contributed by atoms with Gasteiger partial charge in [-0.05, 0) is 25.8 Å². The zero-order valence-electron chi connectivity index (χ0n) is 17.3. The number of piperidine rings is 1. The molecule has 0 saturated carbocycles. The van der Waals surface area contributed by atoms with Crippen LogP contribution in [0, 0.1) is 12.8 Å². The second-order valence-corrected chi connectivity index (χ2v) is 7.75. The average molecular weight is 399 g/mol. The molecule has 1 amide bonds. The van der Waals surface area contributed by atoms with E-state index in [4.69, 9.17) is 9.15 Å². The summed E-state index contributed by atoms with van der Waals surface area (Å²) in [4.78, 5) is 21.4. The summed E-state index contributed by atoms with van der Waals surface area (Å²) in [5.41, 5.74) is 2.08. The molecule has 0 aliphatic carbocycles. The summed E-state index contributed by atoms with van der Waals surface area (Å²) >= 11 is 0. The standard InChI is InChI=1S/C22H30N4O3/c1-16-18-5-3-4-6-19(18)29-20(16)15-24-22(23-2)26-9-7-17(8-10-26)21(27)25-11-13-28-14-12-25/h3-6,17H,7-15H2,1-2H3,(H,23,24). The van der Waals surface area contributed by atoms with E-state index >= 15 is 0 Å². The third-order valence-corrected chi connectivity index (χ3v) is 6.03. The number of fused-ring (bicyclic) bond motifs is 1. The molecule has 7 nitrogen and oxygen atoms in total. The topological polar surface area (TPSA) is 70.3 Å². The summed E-state index contributed by atoms with van der Waals surface area (Å²) in [6.07, 6.45) is 1.72. The lowest BCUT2D eigenvalue weighted by Crippen LogP contribution is -2.49. The van der Waals surface area contributed by atoms with Gasteiger partial charge < -0.3 is 24.3 Å². The molecule has 156 valence electrons. The van der Waals surface area contributed by atoms with Gasteiger partial charge in [0.2, 0.25) is 5.91 Å². The quantitative estimate of drug-likeness (QED) is 0.635. The first-order chi connectivity index (χ1) is 14.2. The molecule has 0 unspecified atom stereocenters. The number of carbonyl (C=O) groups is 1. The Morgan fingerprint density at radius 1 is 1.14 bits per heavy atom. The molecular formula is C22H30N4O3. The van der Waals surface area contributed by atoms with Gasteiger partial charge in [0, 0.05) is 50.1 Å². The number of hydrogen-bond acceptors (Lipinski definition) is 4. The van der Waals surface area contributed by atoms with Crippen molar-refractivity contribution in [3.63, 3.8) is 0 Å². The molecule has 1 aromatic heterocycles. The highest BCUT2D eigenvalue weighted by Gasteiger charge is 2.30. The Morgan fingerprint density at radius 2 is 1.86 bits per heavy atom. The Bertz CT molecular complexity index is 877. The lowest BCUT2D eigenvalue weighted by atomic mass is 9.95. The summed E-state index contributed by atoms with van der Waals surface area (Å²) in [6, 6.07) is 8.10. The van der Waals surface area contributed by atoms with E-state index in [1.165, 1.54) is 5.56 Å². The van der Waals surface area contributed by atoms with Crippen molar-refractivity contribution >= 4 is 22.8 Å². The van der Waals surface area contributed by atoms with Gasteiger partial charge in [-0.1, -0.05) is 18.2 Å². The van der Waals surface area contributed by atoms with Crippen LogP contribution in [0.3, 0.4) is 0 Å². The van der Waals surface area contributed by atoms with Gasteiger partial charge >= 0.3 is 0 Å². The van der Waals surface area contributed by atoms with Crippen LogP contribution < -0.4 is 5.32 Å². The molecule has 3 heterocycles. The number of ether oxygens (including phenoxy) is 1. The van der Waals surface area contributed by atoms with Crippen molar-refractivity contribution in [2.24, 2.45) is 10.9 Å². The number of rotatable bonds is 3. The zero-order chi connectivity index (χ0) is 20.2. The van der Waals surface area contributed by atoms with Crippen molar-refractivity contribution in [3.05, 3.63) is 35.6 Å². The number of amides is 1. The highest BCUT2D eigenvalue weighted by atomic mass is 16.5. The maximum Gasteiger partial charge on any atom is 0.225 e. The lowest BCUT2D eigenvalue weighted by molar-refractivity contribution is -0.140. The van der Waals surface area contributed by atoms with Gasteiger partial charge in [-0.15, -0.1) is 0 Å². The summed E-state index contributed by atoms with van der Waals surface area (Å²) in [5.74, 6) is 2.20. The molecule has 2 saturated heterocycles. The van der Waals surface area contributed by atoms with Gasteiger partial charge in [0.05, 0.1) is 19.8 Å². The molecule has 1 aromatic carbocycles. The number of guanidine groups is 1. The van der Waals surface area contributed by atoms with Crippen molar-refractivity contribution in [1.29, 1.82) is 0 Å². The molecule has 29 heavy (non-hydrogen) atoms. The molecule has 0 spiro atoms. The summed E-state index contributed by atoms with van der Waals surface area (Å²) < 4.78 is 11.4. The SMILES string of the molecule is CN=C(NCc1oc2ccccc2c1C)N1CCC(C(=O)N2CCOCC2)CC1. The highest BCUT2D eigenvalue weighted by Crippen LogP contribution is 2.25. The molecular weight excluding hydrogens is 368 g/mol. The van der Waals surface area contributed by atoms with E-state index in [1.807, 2.05) is 23.1 Å². The normalized spacial score (nSPS) is 19.0. The minimum Gasteiger partial charge on any atom is -0.459 e. The second-order valence-electron chi connectivity index (χ2n) is 7.75. The van der Waals surface area contributed by atoms with Crippen LogP contribution in [0.4, 0.5) is 0 Å². The summed E-state index contributed by atoms with van der Waals surface area (Å²) in [6.45, 7) is 7.11. The Balaban J connectivity index is 1.32. The number of carbonyl (C=O) groups excluding carboxylic acids is 1. The first kappa shape index (κ1) is 19.8. The van der Waals surface area contributed by atoms with Crippen molar-refractivity contribution in [2.45, 2.75) is 26.3 Å². The Hall–Kier alpha value is -2.54. The largest absolute Gasteiger partial charge is 0.459 e. The number of nitrogens with one attached hydrogen (secondary N) is 1. The number of para-hydroxylation sites is 1. The van der Waals surface area contributed by atoms with Crippen molar-refractivity contribution < 1.29 is 13.9 Å². The maximum absolute atomic E-state index is 12.7. The number of benzene rings is 1. The van der Waals surface area contributed by atoms with Gasteiger partial charge in [0.15, 0.2) is 5.96 Å². The van der Waals surface area contributed by atoms with E-state index in [2.05, 4.69) is 28.2 Å². The van der Waals surface area contributed by atoms with Gasteiger partial charge in [0.25, 0.3) is 0 Å². The number of aliphatic imine (C=N–C) groups is 1. The van der Waals surface area contributed by atoms with E-state index in [0.29, 0.717) is 19.8 Å². The van der Waals surface area contributed by atoms with Crippen LogP contribution in [0.15, 0.2) is 33.7 Å². The minimum atomic E-state index is 0.111. The third-order valence-electron chi connectivity index (χ3n) is 6.03. The van der Waals surface area contributed by atoms with Crippen LogP contribution in [0.1, 0.15) is 24.2 Å². The van der Waals surface area contributed by atoms with E-state index in [9.17, 15) is 4.79 Å². The van der Waals surface area contributed by atoms with Crippen molar-refractivity contribution in [2.75, 3.05) is 46.4 Å². The van der Waals surface area contributed by atoms with Gasteiger partial charge in [0.1, 0.15) is 11.3 Å². The first-order valence-electron chi connectivity index (χ1n) is 10.5. The number of furan rings is 1.